The van der Waals surface area contributed by atoms with Gasteiger partial charge in [0.1, 0.15) is 0 Å². The highest BCUT2D eigenvalue weighted by atomic mass is 32.2. The van der Waals surface area contributed by atoms with Gasteiger partial charge in [0, 0.05) is 30.4 Å². The lowest BCUT2D eigenvalue weighted by Gasteiger charge is -2.13. The molecule has 0 fully saturated rings. The molecular weight excluding hydrogens is 276 g/mol. The number of rotatable bonds is 6. The Kier molecular flexibility index (Phi) is 7.04. The predicted octanol–water partition coefficient (Wildman–Crippen LogP) is 6.19. The monoisotopic (exact) mass is 300 g/mol. The van der Waals surface area contributed by atoms with E-state index in [1.807, 2.05) is 35.3 Å². The van der Waals surface area contributed by atoms with Gasteiger partial charge in [0.15, 0.2) is 0 Å². The van der Waals surface area contributed by atoms with Crippen LogP contribution in [-0.2, 0) is 0 Å². The van der Waals surface area contributed by atoms with E-state index >= 15 is 0 Å². The Morgan fingerprint density at radius 2 is 0.778 bits per heavy atom. The van der Waals surface area contributed by atoms with E-state index < -0.39 is 0 Å². The van der Waals surface area contributed by atoms with Crippen LogP contribution < -0.4 is 0 Å². The minimum absolute atomic E-state index is 0.640. The van der Waals surface area contributed by atoms with Gasteiger partial charge in [-0.15, -0.1) is 35.3 Å². The van der Waals surface area contributed by atoms with Crippen LogP contribution in [0.25, 0.3) is 0 Å². The van der Waals surface area contributed by atoms with Crippen LogP contribution in [0.5, 0.6) is 0 Å². The minimum Gasteiger partial charge on any atom is -0.123 e. The predicted molar refractivity (Wildman–Crippen MR) is 89.4 cm³/mol. The summed E-state index contributed by atoms with van der Waals surface area (Å²) in [6.07, 6.45) is 0. The highest BCUT2D eigenvalue weighted by Gasteiger charge is 2.07. The minimum atomic E-state index is 0.640. The van der Waals surface area contributed by atoms with Gasteiger partial charge < -0.3 is 0 Å². The fraction of sp³-hybridized carbons (Fsp3) is 0.600. The summed E-state index contributed by atoms with van der Waals surface area (Å²) < 4.78 is 0. The molecule has 0 radical (unpaired) electrons. The molecule has 18 heavy (non-hydrogen) atoms. The Labute approximate surface area is 125 Å². The Balaban J connectivity index is 2.95. The van der Waals surface area contributed by atoms with E-state index in [1.165, 1.54) is 14.7 Å². The molecule has 0 nitrogen and oxygen atoms in total. The molecule has 0 N–H and O–H groups in total. The first-order valence-corrected chi connectivity index (χ1v) is 9.15. The van der Waals surface area contributed by atoms with Crippen molar-refractivity contribution < 1.29 is 0 Å². The topological polar surface area (TPSA) is 0 Å². The fourth-order valence-electron chi connectivity index (χ4n) is 1.57. The van der Waals surface area contributed by atoms with Crippen molar-refractivity contribution in [3.8, 4) is 0 Å². The van der Waals surface area contributed by atoms with Gasteiger partial charge in [-0.05, 0) is 18.2 Å². The molecule has 0 spiro atoms. The Morgan fingerprint density at radius 3 is 0.944 bits per heavy atom. The molecule has 0 amide bonds. The van der Waals surface area contributed by atoms with Gasteiger partial charge in [-0.3, -0.25) is 0 Å². The fourth-order valence-corrected chi connectivity index (χ4v) is 4.59. The second-order valence-corrected chi connectivity index (χ2v) is 10.1. The molecule has 0 bridgehead atoms. The molecular formula is C15H24S3. The summed E-state index contributed by atoms with van der Waals surface area (Å²) in [5.41, 5.74) is 0. The van der Waals surface area contributed by atoms with Crippen LogP contribution in [0, 0.1) is 0 Å². The summed E-state index contributed by atoms with van der Waals surface area (Å²) >= 11 is 5.86. The van der Waals surface area contributed by atoms with Gasteiger partial charge in [-0.1, -0.05) is 41.5 Å². The van der Waals surface area contributed by atoms with Crippen LogP contribution in [0.1, 0.15) is 41.5 Å². The molecule has 0 heterocycles. The maximum atomic E-state index is 2.33. The molecule has 3 heteroatoms. The first-order valence-electron chi connectivity index (χ1n) is 6.52. The lowest BCUT2D eigenvalue weighted by atomic mass is 10.4. The van der Waals surface area contributed by atoms with Crippen LogP contribution in [-0.4, -0.2) is 15.7 Å². The number of benzene rings is 1. The molecule has 102 valence electrons. The molecule has 1 aromatic carbocycles. The van der Waals surface area contributed by atoms with Gasteiger partial charge in [0.25, 0.3) is 0 Å². The lowest BCUT2D eigenvalue weighted by Crippen LogP contribution is -1.92. The third kappa shape index (κ3) is 6.44. The zero-order valence-electron chi connectivity index (χ0n) is 12.2. The van der Waals surface area contributed by atoms with E-state index in [-0.39, 0.29) is 0 Å². The van der Waals surface area contributed by atoms with Crippen LogP contribution >= 0.6 is 35.3 Å². The Hall–Kier alpha value is 0.270. The molecule has 0 aliphatic heterocycles. The summed E-state index contributed by atoms with van der Waals surface area (Å²) in [5.74, 6) is 0. The number of hydrogen-bond acceptors (Lipinski definition) is 3. The van der Waals surface area contributed by atoms with E-state index in [0.29, 0.717) is 15.7 Å². The molecule has 0 atom stereocenters. The van der Waals surface area contributed by atoms with Gasteiger partial charge in [-0.25, -0.2) is 0 Å². The SMILES string of the molecule is CC(C)Sc1cc(SC(C)C)cc(SC(C)C)c1. The molecule has 1 aromatic rings. The highest BCUT2D eigenvalue weighted by Crippen LogP contribution is 2.35. The summed E-state index contributed by atoms with van der Waals surface area (Å²) in [5, 5.41) is 1.92. The highest BCUT2D eigenvalue weighted by molar-refractivity contribution is 8.01. The summed E-state index contributed by atoms with van der Waals surface area (Å²) in [6, 6.07) is 7.00. The third-order valence-corrected chi connectivity index (χ3v) is 4.91. The average Bonchev–Trinajstić information content (AvgIpc) is 2.12. The zero-order chi connectivity index (χ0) is 13.7. The Bertz CT molecular complexity index is 301. The second kappa shape index (κ2) is 7.76. The summed E-state index contributed by atoms with van der Waals surface area (Å²) in [6.45, 7) is 13.5. The summed E-state index contributed by atoms with van der Waals surface area (Å²) in [7, 11) is 0. The van der Waals surface area contributed by atoms with Gasteiger partial charge in [-0.2, -0.15) is 0 Å². The van der Waals surface area contributed by atoms with Crippen LogP contribution in [0.4, 0.5) is 0 Å². The first-order chi connectivity index (χ1) is 8.36. The third-order valence-electron chi connectivity index (χ3n) is 1.97. The van der Waals surface area contributed by atoms with Crippen molar-refractivity contribution in [2.75, 3.05) is 0 Å². The van der Waals surface area contributed by atoms with Crippen LogP contribution in [0.2, 0.25) is 0 Å². The molecule has 0 saturated carbocycles. The van der Waals surface area contributed by atoms with Crippen molar-refractivity contribution in [2.24, 2.45) is 0 Å². The van der Waals surface area contributed by atoms with Gasteiger partial charge in [0.05, 0.1) is 0 Å². The Morgan fingerprint density at radius 1 is 0.556 bits per heavy atom. The van der Waals surface area contributed by atoms with Crippen molar-refractivity contribution in [3.63, 3.8) is 0 Å². The normalized spacial score (nSPS) is 11.8. The van der Waals surface area contributed by atoms with E-state index in [0.717, 1.165) is 0 Å². The van der Waals surface area contributed by atoms with Crippen molar-refractivity contribution in [3.05, 3.63) is 18.2 Å². The smallest absolute Gasteiger partial charge is 0.00968 e. The largest absolute Gasteiger partial charge is 0.123 e. The van der Waals surface area contributed by atoms with Crippen LogP contribution in [0.15, 0.2) is 32.9 Å². The van der Waals surface area contributed by atoms with Crippen molar-refractivity contribution in [1.82, 2.24) is 0 Å². The number of thioether (sulfide) groups is 3. The molecule has 1 rings (SSSR count). The molecule has 0 aromatic heterocycles. The molecule has 0 unspecified atom stereocenters. The first kappa shape index (κ1) is 16.3. The van der Waals surface area contributed by atoms with E-state index in [9.17, 15) is 0 Å². The van der Waals surface area contributed by atoms with E-state index in [2.05, 4.69) is 59.7 Å². The second-order valence-electron chi connectivity index (χ2n) is 5.14. The van der Waals surface area contributed by atoms with E-state index in [1.54, 1.807) is 0 Å². The van der Waals surface area contributed by atoms with Crippen LogP contribution in [0.3, 0.4) is 0 Å². The van der Waals surface area contributed by atoms with Crippen molar-refractivity contribution in [2.45, 2.75) is 72.0 Å². The van der Waals surface area contributed by atoms with Gasteiger partial charge >= 0.3 is 0 Å². The standard InChI is InChI=1S/C15H24S3/c1-10(2)16-13-7-14(17-11(3)4)9-15(8-13)18-12(5)6/h7-12H,1-6H3. The molecule has 0 aliphatic carbocycles. The summed E-state index contributed by atoms with van der Waals surface area (Å²) in [4.78, 5) is 4.20. The maximum absolute atomic E-state index is 2.33. The molecule has 0 aliphatic rings. The van der Waals surface area contributed by atoms with Gasteiger partial charge in [0.2, 0.25) is 0 Å². The lowest BCUT2D eigenvalue weighted by molar-refractivity contribution is 1.08. The van der Waals surface area contributed by atoms with Crippen molar-refractivity contribution in [1.29, 1.82) is 0 Å². The van der Waals surface area contributed by atoms with E-state index in [4.69, 9.17) is 0 Å². The quantitative estimate of drug-likeness (QED) is 0.575. The maximum Gasteiger partial charge on any atom is 0.00968 e. The number of hydrogen-bond donors (Lipinski definition) is 0. The average molecular weight is 301 g/mol. The molecule has 0 saturated heterocycles. The van der Waals surface area contributed by atoms with Crippen molar-refractivity contribution >= 4 is 35.3 Å². The zero-order valence-corrected chi connectivity index (χ0v) is 14.6.